The molecule has 2 atom stereocenters. The lowest BCUT2D eigenvalue weighted by Gasteiger charge is -2.34. The summed E-state index contributed by atoms with van der Waals surface area (Å²) in [6, 6.07) is 15.6. The minimum atomic E-state index is 0.0686. The Kier molecular flexibility index (Phi) is 5.53. The van der Waals surface area contributed by atoms with Crippen LogP contribution in [0.4, 0.5) is 5.69 Å². The lowest BCUT2D eigenvalue weighted by molar-refractivity contribution is -0.115. The molecule has 27 heavy (non-hydrogen) atoms. The summed E-state index contributed by atoms with van der Waals surface area (Å²) in [4.78, 5) is 11.7. The summed E-state index contributed by atoms with van der Waals surface area (Å²) in [6.07, 6.45) is 2.78. The standard InChI is InChI=1S/C22H27N3O2/c1-27-14-18-10-16-12-21(26)25-20(16)11-17(18)13-24-19-8-5-9-23-22(19)15-6-3-2-4-7-15/h2-4,6-7,10-11,19,22-24H,5,8-9,12-14H2,1H3,(H,25,26). The predicted octanol–water partition coefficient (Wildman–Crippen LogP) is 2.91. The summed E-state index contributed by atoms with van der Waals surface area (Å²) < 4.78 is 5.39. The van der Waals surface area contributed by atoms with E-state index in [1.807, 2.05) is 0 Å². The molecule has 1 amide bonds. The minimum absolute atomic E-state index is 0.0686. The van der Waals surface area contributed by atoms with Crippen LogP contribution < -0.4 is 16.0 Å². The Morgan fingerprint density at radius 3 is 2.85 bits per heavy atom. The van der Waals surface area contributed by atoms with Crippen molar-refractivity contribution in [3.8, 4) is 0 Å². The average molecular weight is 365 g/mol. The van der Waals surface area contributed by atoms with Crippen LogP contribution >= 0.6 is 0 Å². The van der Waals surface area contributed by atoms with Gasteiger partial charge in [-0.3, -0.25) is 4.79 Å². The summed E-state index contributed by atoms with van der Waals surface area (Å²) in [7, 11) is 1.71. The van der Waals surface area contributed by atoms with Crippen molar-refractivity contribution < 1.29 is 9.53 Å². The van der Waals surface area contributed by atoms with Crippen molar-refractivity contribution in [2.45, 2.75) is 44.5 Å². The Morgan fingerprint density at radius 2 is 2.04 bits per heavy atom. The number of piperidine rings is 1. The molecule has 2 aromatic rings. The smallest absolute Gasteiger partial charge is 0.228 e. The highest BCUT2D eigenvalue weighted by Crippen LogP contribution is 2.29. The molecule has 0 aromatic heterocycles. The van der Waals surface area contributed by atoms with E-state index < -0.39 is 0 Å². The summed E-state index contributed by atoms with van der Waals surface area (Å²) in [5.74, 6) is 0.0686. The molecule has 3 N–H and O–H groups in total. The number of carbonyl (C=O) groups excluding carboxylic acids is 1. The van der Waals surface area contributed by atoms with E-state index in [1.54, 1.807) is 7.11 Å². The topological polar surface area (TPSA) is 62.4 Å². The van der Waals surface area contributed by atoms with Crippen LogP contribution in [0, 0.1) is 0 Å². The number of ether oxygens (including phenoxy) is 1. The van der Waals surface area contributed by atoms with Crippen LogP contribution in [0.2, 0.25) is 0 Å². The molecule has 5 heteroatoms. The van der Waals surface area contributed by atoms with Crippen molar-refractivity contribution in [2.75, 3.05) is 19.0 Å². The van der Waals surface area contributed by atoms with Gasteiger partial charge in [0.25, 0.3) is 0 Å². The first kappa shape index (κ1) is 18.2. The molecule has 4 rings (SSSR count). The monoisotopic (exact) mass is 365 g/mol. The number of anilines is 1. The van der Waals surface area contributed by atoms with Gasteiger partial charge in [-0.1, -0.05) is 36.4 Å². The minimum Gasteiger partial charge on any atom is -0.380 e. The first-order valence-electron chi connectivity index (χ1n) is 9.70. The maximum Gasteiger partial charge on any atom is 0.228 e. The Morgan fingerprint density at radius 1 is 1.19 bits per heavy atom. The number of benzene rings is 2. The molecule has 0 spiro atoms. The van der Waals surface area contributed by atoms with Crippen LogP contribution in [0.3, 0.4) is 0 Å². The molecule has 2 unspecified atom stereocenters. The highest BCUT2D eigenvalue weighted by Gasteiger charge is 2.26. The van der Waals surface area contributed by atoms with Crippen molar-refractivity contribution in [1.82, 2.24) is 10.6 Å². The van der Waals surface area contributed by atoms with Crippen molar-refractivity contribution in [3.05, 3.63) is 64.7 Å². The van der Waals surface area contributed by atoms with Gasteiger partial charge in [0.2, 0.25) is 5.91 Å². The van der Waals surface area contributed by atoms with Gasteiger partial charge in [-0.25, -0.2) is 0 Å². The fourth-order valence-corrected chi connectivity index (χ4v) is 4.18. The van der Waals surface area contributed by atoms with Gasteiger partial charge in [-0.15, -0.1) is 0 Å². The van der Waals surface area contributed by atoms with Gasteiger partial charge in [0.1, 0.15) is 0 Å². The molecule has 2 aliphatic heterocycles. The molecule has 0 bridgehead atoms. The van der Waals surface area contributed by atoms with Crippen molar-refractivity contribution in [3.63, 3.8) is 0 Å². The van der Waals surface area contributed by atoms with E-state index in [2.05, 4.69) is 58.4 Å². The number of hydrogen-bond donors (Lipinski definition) is 3. The Labute approximate surface area is 160 Å². The third kappa shape index (κ3) is 4.05. The normalized spacial score (nSPS) is 21.7. The largest absolute Gasteiger partial charge is 0.380 e. The van der Waals surface area contributed by atoms with Crippen molar-refractivity contribution >= 4 is 11.6 Å². The van der Waals surface area contributed by atoms with E-state index in [9.17, 15) is 4.79 Å². The van der Waals surface area contributed by atoms with Gasteiger partial charge < -0.3 is 20.7 Å². The molecule has 0 saturated carbocycles. The average Bonchev–Trinajstić information content (AvgIpc) is 3.06. The zero-order valence-corrected chi connectivity index (χ0v) is 15.8. The third-order valence-electron chi connectivity index (χ3n) is 5.52. The maximum atomic E-state index is 11.7. The molecular weight excluding hydrogens is 338 g/mol. The number of fused-ring (bicyclic) bond motifs is 1. The molecule has 1 saturated heterocycles. The Bertz CT molecular complexity index is 807. The fraction of sp³-hybridized carbons (Fsp3) is 0.409. The molecular formula is C22H27N3O2. The van der Waals surface area contributed by atoms with E-state index in [1.165, 1.54) is 17.5 Å². The van der Waals surface area contributed by atoms with Gasteiger partial charge in [-0.2, -0.15) is 0 Å². The third-order valence-corrected chi connectivity index (χ3v) is 5.52. The number of nitrogens with one attached hydrogen (secondary N) is 3. The van der Waals surface area contributed by atoms with Crippen molar-refractivity contribution in [2.24, 2.45) is 0 Å². The van der Waals surface area contributed by atoms with Gasteiger partial charge >= 0.3 is 0 Å². The van der Waals surface area contributed by atoms with Gasteiger partial charge in [0.15, 0.2) is 0 Å². The number of amides is 1. The van der Waals surface area contributed by atoms with Gasteiger partial charge in [-0.05, 0) is 47.7 Å². The lowest BCUT2D eigenvalue weighted by atomic mass is 9.92. The van der Waals surface area contributed by atoms with Crippen LogP contribution in [-0.2, 0) is 29.1 Å². The second-order valence-electron chi connectivity index (χ2n) is 7.41. The van der Waals surface area contributed by atoms with E-state index in [-0.39, 0.29) is 5.91 Å². The van der Waals surface area contributed by atoms with Crippen LogP contribution in [-0.4, -0.2) is 25.6 Å². The Hall–Kier alpha value is -2.21. The van der Waals surface area contributed by atoms with Crippen LogP contribution in [0.15, 0.2) is 42.5 Å². The van der Waals surface area contributed by atoms with Crippen LogP contribution in [0.25, 0.3) is 0 Å². The molecule has 0 radical (unpaired) electrons. The SMILES string of the molecule is COCc1cc2c(cc1CNC1CCCNC1c1ccccc1)NC(=O)C2. The molecule has 2 heterocycles. The van der Waals surface area contributed by atoms with Gasteiger partial charge in [0, 0.05) is 31.4 Å². The quantitative estimate of drug-likeness (QED) is 0.737. The number of hydrogen-bond acceptors (Lipinski definition) is 4. The first-order chi connectivity index (χ1) is 13.2. The number of rotatable bonds is 6. The molecule has 0 aliphatic carbocycles. The molecule has 2 aliphatic rings. The lowest BCUT2D eigenvalue weighted by Crippen LogP contribution is -2.45. The van der Waals surface area contributed by atoms with Gasteiger partial charge in [0.05, 0.1) is 13.0 Å². The number of carbonyl (C=O) groups is 1. The molecule has 1 fully saturated rings. The maximum absolute atomic E-state index is 11.7. The summed E-state index contributed by atoms with van der Waals surface area (Å²) >= 11 is 0. The summed E-state index contributed by atoms with van der Waals surface area (Å²) in [5, 5.41) is 10.4. The second kappa shape index (κ2) is 8.21. The zero-order chi connectivity index (χ0) is 18.6. The fourth-order valence-electron chi connectivity index (χ4n) is 4.18. The van der Waals surface area contributed by atoms with E-state index in [0.717, 1.165) is 36.3 Å². The summed E-state index contributed by atoms with van der Waals surface area (Å²) in [6.45, 7) is 2.37. The van der Waals surface area contributed by atoms with E-state index >= 15 is 0 Å². The second-order valence-corrected chi connectivity index (χ2v) is 7.41. The van der Waals surface area contributed by atoms with Crippen LogP contribution in [0.1, 0.15) is 41.1 Å². The highest BCUT2D eigenvalue weighted by atomic mass is 16.5. The molecule has 2 aromatic carbocycles. The Balaban J connectivity index is 1.52. The van der Waals surface area contributed by atoms with E-state index in [4.69, 9.17) is 4.74 Å². The molecule has 5 nitrogen and oxygen atoms in total. The number of methoxy groups -OCH3 is 1. The van der Waals surface area contributed by atoms with Crippen molar-refractivity contribution in [1.29, 1.82) is 0 Å². The van der Waals surface area contributed by atoms with E-state index in [0.29, 0.717) is 25.1 Å². The zero-order valence-electron chi connectivity index (χ0n) is 15.8. The van der Waals surface area contributed by atoms with Crippen LogP contribution in [0.5, 0.6) is 0 Å². The first-order valence-corrected chi connectivity index (χ1v) is 9.70. The molecule has 142 valence electrons. The highest BCUT2D eigenvalue weighted by molar-refractivity contribution is 5.99. The predicted molar refractivity (Wildman–Crippen MR) is 107 cm³/mol. The summed E-state index contributed by atoms with van der Waals surface area (Å²) in [5.41, 5.74) is 5.68.